The smallest absolute Gasteiger partial charge is 0.249 e. The van der Waals surface area contributed by atoms with Gasteiger partial charge in [0.25, 0.3) is 0 Å². The van der Waals surface area contributed by atoms with Crippen LogP contribution in [0.1, 0.15) is 31.2 Å². The van der Waals surface area contributed by atoms with Gasteiger partial charge in [0, 0.05) is 25.1 Å². The Morgan fingerprint density at radius 1 is 1.48 bits per heavy atom. The summed E-state index contributed by atoms with van der Waals surface area (Å²) in [5.74, 6) is -1.67. The van der Waals surface area contributed by atoms with Crippen molar-refractivity contribution in [1.29, 1.82) is 0 Å². The summed E-state index contributed by atoms with van der Waals surface area (Å²) in [7, 11) is 0. The zero-order chi connectivity index (χ0) is 15.4. The second kappa shape index (κ2) is 6.95. The number of amides is 1. The lowest BCUT2D eigenvalue weighted by Gasteiger charge is -2.16. The van der Waals surface area contributed by atoms with Crippen LogP contribution in [0.2, 0.25) is 0 Å². The monoisotopic (exact) mass is 298 g/mol. The molecule has 3 N–H and O–H groups in total. The molecule has 2 rings (SSSR count). The molecule has 1 unspecified atom stereocenters. The van der Waals surface area contributed by atoms with Gasteiger partial charge in [0.15, 0.2) is 0 Å². The van der Waals surface area contributed by atoms with Gasteiger partial charge in [0.05, 0.1) is 6.10 Å². The highest BCUT2D eigenvalue weighted by atomic mass is 19.1. The zero-order valence-corrected chi connectivity index (χ0v) is 11.9. The van der Waals surface area contributed by atoms with Gasteiger partial charge in [-0.2, -0.15) is 0 Å². The van der Waals surface area contributed by atoms with Gasteiger partial charge < -0.3 is 15.8 Å². The van der Waals surface area contributed by atoms with Crippen LogP contribution in [0, 0.1) is 11.6 Å². The molecule has 3 atom stereocenters. The minimum absolute atomic E-state index is 0.0623. The van der Waals surface area contributed by atoms with Gasteiger partial charge in [-0.1, -0.05) is 13.0 Å². The lowest BCUT2D eigenvalue weighted by atomic mass is 10.0. The van der Waals surface area contributed by atoms with Crippen molar-refractivity contribution in [2.24, 2.45) is 5.73 Å². The summed E-state index contributed by atoms with van der Waals surface area (Å²) < 4.78 is 32.0. The van der Waals surface area contributed by atoms with E-state index < -0.39 is 17.7 Å². The third-order valence-corrected chi connectivity index (χ3v) is 3.74. The third kappa shape index (κ3) is 3.98. The van der Waals surface area contributed by atoms with Crippen LogP contribution in [-0.2, 0) is 9.53 Å². The molecular weight excluding hydrogens is 278 g/mol. The first kappa shape index (κ1) is 15.9. The highest BCUT2D eigenvalue weighted by molar-refractivity contribution is 5.81. The summed E-state index contributed by atoms with van der Waals surface area (Å²) in [5.41, 5.74) is 5.87. The molecule has 1 heterocycles. The highest BCUT2D eigenvalue weighted by Gasteiger charge is 2.29. The molecule has 1 saturated heterocycles. The Morgan fingerprint density at radius 2 is 2.24 bits per heavy atom. The Balaban J connectivity index is 1.86. The number of carbonyl (C=O) groups is 1. The van der Waals surface area contributed by atoms with Crippen molar-refractivity contribution in [1.82, 2.24) is 5.32 Å². The molecule has 1 amide bonds. The molecule has 1 fully saturated rings. The molecule has 4 nitrogen and oxygen atoms in total. The average molecular weight is 298 g/mol. The van der Waals surface area contributed by atoms with Gasteiger partial charge in [-0.3, -0.25) is 4.79 Å². The van der Waals surface area contributed by atoms with E-state index in [1.54, 1.807) is 6.92 Å². The first-order valence-corrected chi connectivity index (χ1v) is 7.09. The van der Waals surface area contributed by atoms with Crippen molar-refractivity contribution < 1.29 is 18.3 Å². The third-order valence-electron chi connectivity index (χ3n) is 3.74. The van der Waals surface area contributed by atoms with Crippen molar-refractivity contribution in [3.63, 3.8) is 0 Å². The van der Waals surface area contributed by atoms with Gasteiger partial charge in [-0.15, -0.1) is 0 Å². The van der Waals surface area contributed by atoms with E-state index in [-0.39, 0.29) is 24.5 Å². The van der Waals surface area contributed by atoms with Crippen LogP contribution in [0.25, 0.3) is 0 Å². The van der Waals surface area contributed by atoms with E-state index in [1.165, 1.54) is 12.1 Å². The Kier molecular flexibility index (Phi) is 5.25. The number of hydrogen-bond acceptors (Lipinski definition) is 3. The number of rotatable bonds is 5. The van der Waals surface area contributed by atoms with E-state index in [4.69, 9.17) is 10.5 Å². The summed E-state index contributed by atoms with van der Waals surface area (Å²) in [6.07, 6.45) is 0.875. The molecule has 0 aliphatic carbocycles. The molecule has 0 spiro atoms. The van der Waals surface area contributed by atoms with E-state index in [0.717, 1.165) is 12.5 Å². The van der Waals surface area contributed by atoms with Crippen molar-refractivity contribution in [3.8, 4) is 0 Å². The number of nitrogens with two attached hydrogens (primary N) is 1. The highest BCUT2D eigenvalue weighted by Crippen LogP contribution is 2.21. The predicted octanol–water partition coefficient (Wildman–Crippen LogP) is 1.69. The number of hydrogen-bond donors (Lipinski definition) is 2. The predicted molar refractivity (Wildman–Crippen MR) is 74.7 cm³/mol. The molecule has 0 saturated carbocycles. The van der Waals surface area contributed by atoms with Crippen molar-refractivity contribution in [3.05, 3.63) is 35.4 Å². The van der Waals surface area contributed by atoms with E-state index >= 15 is 0 Å². The van der Waals surface area contributed by atoms with E-state index in [1.807, 2.05) is 0 Å². The van der Waals surface area contributed by atoms with Crippen LogP contribution in [0.5, 0.6) is 0 Å². The summed E-state index contributed by atoms with van der Waals surface area (Å²) in [6.45, 7) is 2.45. The van der Waals surface area contributed by atoms with Crippen LogP contribution in [-0.4, -0.2) is 31.2 Å². The molecule has 1 aromatic rings. The number of benzene rings is 1. The Bertz CT molecular complexity index is 510. The van der Waals surface area contributed by atoms with Crippen LogP contribution >= 0.6 is 0 Å². The van der Waals surface area contributed by atoms with Crippen LogP contribution in [0.3, 0.4) is 0 Å². The molecule has 1 aliphatic rings. The average Bonchev–Trinajstić information content (AvgIpc) is 2.93. The van der Waals surface area contributed by atoms with Gasteiger partial charge in [0.1, 0.15) is 17.7 Å². The second-order valence-corrected chi connectivity index (χ2v) is 5.37. The normalized spacial score (nSPS) is 23.0. The summed E-state index contributed by atoms with van der Waals surface area (Å²) in [4.78, 5) is 12.0. The fourth-order valence-corrected chi connectivity index (χ4v) is 2.45. The molecule has 0 radical (unpaired) electrons. The topological polar surface area (TPSA) is 64.4 Å². The maximum atomic E-state index is 13.6. The van der Waals surface area contributed by atoms with E-state index in [0.29, 0.717) is 18.5 Å². The van der Waals surface area contributed by atoms with Crippen molar-refractivity contribution in [2.75, 3.05) is 13.1 Å². The maximum Gasteiger partial charge on any atom is 0.249 e. The first-order valence-electron chi connectivity index (χ1n) is 7.09. The largest absolute Gasteiger partial charge is 0.364 e. The Morgan fingerprint density at radius 3 is 2.86 bits per heavy atom. The van der Waals surface area contributed by atoms with Crippen LogP contribution < -0.4 is 11.1 Å². The molecule has 116 valence electrons. The molecule has 1 aromatic carbocycles. The Labute approximate surface area is 122 Å². The summed E-state index contributed by atoms with van der Waals surface area (Å²) >= 11 is 0. The molecule has 6 heteroatoms. The zero-order valence-electron chi connectivity index (χ0n) is 11.9. The minimum Gasteiger partial charge on any atom is -0.364 e. The standard InChI is InChI=1S/C15H20F2N2O2/c1-9(12-4-2-10(16)6-13(12)17)8-19-15(20)14-5-3-11(7-18)21-14/h2,4,6,9,11,14H,3,5,7-8,18H2,1H3,(H,19,20)/t9?,11-,14+/m1/s1. The molecular formula is C15H20F2N2O2. The van der Waals surface area contributed by atoms with E-state index in [2.05, 4.69) is 5.32 Å². The van der Waals surface area contributed by atoms with Gasteiger partial charge in [-0.25, -0.2) is 8.78 Å². The van der Waals surface area contributed by atoms with Crippen LogP contribution in [0.15, 0.2) is 18.2 Å². The number of nitrogens with one attached hydrogen (secondary N) is 1. The van der Waals surface area contributed by atoms with Crippen molar-refractivity contribution >= 4 is 5.91 Å². The molecule has 21 heavy (non-hydrogen) atoms. The maximum absolute atomic E-state index is 13.6. The summed E-state index contributed by atoms with van der Waals surface area (Å²) in [5, 5.41) is 2.74. The molecule has 0 aromatic heterocycles. The van der Waals surface area contributed by atoms with Crippen molar-refractivity contribution in [2.45, 2.75) is 37.9 Å². The summed E-state index contributed by atoms with van der Waals surface area (Å²) in [6, 6.07) is 3.46. The van der Waals surface area contributed by atoms with Gasteiger partial charge >= 0.3 is 0 Å². The SMILES string of the molecule is CC(CNC(=O)[C@@H]1CC[C@H](CN)O1)c1ccc(F)cc1F. The van der Waals surface area contributed by atoms with Gasteiger partial charge in [-0.05, 0) is 24.5 Å². The number of ether oxygens (including phenoxy) is 1. The number of halogens is 2. The fraction of sp³-hybridized carbons (Fsp3) is 0.533. The second-order valence-electron chi connectivity index (χ2n) is 5.37. The lowest BCUT2D eigenvalue weighted by Crippen LogP contribution is -2.37. The van der Waals surface area contributed by atoms with Gasteiger partial charge in [0.2, 0.25) is 5.91 Å². The Hall–Kier alpha value is -1.53. The number of carbonyl (C=O) groups excluding carboxylic acids is 1. The minimum atomic E-state index is -0.611. The first-order chi connectivity index (χ1) is 10.0. The van der Waals surface area contributed by atoms with Crippen LogP contribution in [0.4, 0.5) is 8.78 Å². The van der Waals surface area contributed by atoms with E-state index in [9.17, 15) is 13.6 Å². The quantitative estimate of drug-likeness (QED) is 0.869. The molecule has 0 bridgehead atoms. The fourth-order valence-electron chi connectivity index (χ4n) is 2.45. The molecule has 1 aliphatic heterocycles. The lowest BCUT2D eigenvalue weighted by molar-refractivity contribution is -0.131.